The number of aliphatic carboxylic acids is 1. The molecular formula is C9H10N3O2PS. The molecule has 84 valence electrons. The highest BCUT2D eigenvalue weighted by atomic mass is 32.1. The Kier molecular flexibility index (Phi) is 3.31. The van der Waals surface area contributed by atoms with E-state index in [1.807, 2.05) is 6.20 Å². The highest BCUT2D eigenvalue weighted by Crippen LogP contribution is 2.17. The van der Waals surface area contributed by atoms with Crippen LogP contribution in [0.3, 0.4) is 0 Å². The van der Waals surface area contributed by atoms with Crippen LogP contribution in [0.25, 0.3) is 5.13 Å². The fourth-order valence-corrected chi connectivity index (χ4v) is 2.24. The van der Waals surface area contributed by atoms with Gasteiger partial charge in [-0.15, -0.1) is 9.24 Å². The minimum absolute atomic E-state index is 0.135. The third kappa shape index (κ3) is 2.65. The zero-order valence-electron chi connectivity index (χ0n) is 8.33. The smallest absolute Gasteiger partial charge is 0.303 e. The van der Waals surface area contributed by atoms with Gasteiger partial charge in [-0.05, 0) is 6.42 Å². The standard InChI is InChI=1S/C9H10N3O2PS/c13-8(14)2-1-7-4-10-9(16-7)12-5-6(15)3-11-12/h3-5H,1-2,15H2,(H,13,14). The van der Waals surface area contributed by atoms with Gasteiger partial charge in [-0.1, -0.05) is 11.3 Å². The van der Waals surface area contributed by atoms with E-state index < -0.39 is 5.97 Å². The summed E-state index contributed by atoms with van der Waals surface area (Å²) in [6.45, 7) is 0. The monoisotopic (exact) mass is 255 g/mol. The Morgan fingerprint density at radius 1 is 1.56 bits per heavy atom. The van der Waals surface area contributed by atoms with Crippen molar-refractivity contribution in [1.29, 1.82) is 0 Å². The van der Waals surface area contributed by atoms with E-state index in [9.17, 15) is 4.79 Å². The first kappa shape index (κ1) is 11.2. The van der Waals surface area contributed by atoms with E-state index in [1.165, 1.54) is 11.3 Å². The van der Waals surface area contributed by atoms with Crippen LogP contribution in [-0.4, -0.2) is 25.8 Å². The van der Waals surface area contributed by atoms with Crippen LogP contribution in [0.15, 0.2) is 18.6 Å². The number of carboxylic acid groups (broad SMARTS) is 1. The summed E-state index contributed by atoms with van der Waals surface area (Å²) in [5.74, 6) is -0.790. The van der Waals surface area contributed by atoms with Gasteiger partial charge in [0.1, 0.15) is 0 Å². The Morgan fingerprint density at radius 3 is 3.00 bits per heavy atom. The third-order valence-corrected chi connectivity index (χ3v) is 3.27. The average Bonchev–Trinajstić information content (AvgIpc) is 2.83. The fraction of sp³-hybridized carbons (Fsp3) is 0.222. The lowest BCUT2D eigenvalue weighted by atomic mass is 10.3. The number of hydrogen-bond donors (Lipinski definition) is 1. The third-order valence-electron chi connectivity index (χ3n) is 1.93. The number of aromatic nitrogens is 3. The van der Waals surface area contributed by atoms with Crippen molar-refractivity contribution in [2.45, 2.75) is 12.8 Å². The molecule has 0 bridgehead atoms. The maximum Gasteiger partial charge on any atom is 0.303 e. The van der Waals surface area contributed by atoms with E-state index in [0.29, 0.717) is 6.42 Å². The molecule has 2 aromatic rings. The van der Waals surface area contributed by atoms with Gasteiger partial charge >= 0.3 is 5.97 Å². The number of carbonyl (C=O) groups is 1. The number of thiazole rings is 1. The quantitative estimate of drug-likeness (QED) is 0.822. The Morgan fingerprint density at radius 2 is 2.38 bits per heavy atom. The van der Waals surface area contributed by atoms with Crippen molar-refractivity contribution in [3.63, 3.8) is 0 Å². The van der Waals surface area contributed by atoms with E-state index in [0.717, 1.165) is 15.3 Å². The van der Waals surface area contributed by atoms with Crippen LogP contribution in [0.4, 0.5) is 0 Å². The first-order valence-corrected chi connectivity index (χ1v) is 6.01. The lowest BCUT2D eigenvalue weighted by Gasteiger charge is -1.92. The van der Waals surface area contributed by atoms with Crippen molar-refractivity contribution >= 4 is 31.9 Å². The Bertz CT molecular complexity index is 508. The van der Waals surface area contributed by atoms with Crippen molar-refractivity contribution in [2.75, 3.05) is 0 Å². The van der Waals surface area contributed by atoms with Crippen LogP contribution in [0.2, 0.25) is 0 Å². The summed E-state index contributed by atoms with van der Waals surface area (Å²) >= 11 is 1.46. The zero-order valence-corrected chi connectivity index (χ0v) is 10.3. The van der Waals surface area contributed by atoms with Gasteiger partial charge in [-0.25, -0.2) is 9.67 Å². The molecule has 1 atom stereocenters. The molecule has 0 saturated heterocycles. The zero-order chi connectivity index (χ0) is 11.5. The summed E-state index contributed by atoms with van der Waals surface area (Å²) < 4.78 is 1.68. The predicted molar refractivity (Wildman–Crippen MR) is 64.5 cm³/mol. The molecule has 1 unspecified atom stereocenters. The van der Waals surface area contributed by atoms with E-state index in [4.69, 9.17) is 5.11 Å². The molecule has 0 spiro atoms. The largest absolute Gasteiger partial charge is 0.481 e. The molecule has 5 nitrogen and oxygen atoms in total. The van der Waals surface area contributed by atoms with Crippen LogP contribution in [0, 0.1) is 0 Å². The van der Waals surface area contributed by atoms with Gasteiger partial charge in [0.05, 0.1) is 12.6 Å². The highest BCUT2D eigenvalue weighted by molar-refractivity contribution is 7.27. The van der Waals surface area contributed by atoms with Gasteiger partial charge in [0.25, 0.3) is 0 Å². The van der Waals surface area contributed by atoms with E-state index >= 15 is 0 Å². The SMILES string of the molecule is O=C(O)CCc1cnc(-n2cc(P)cn2)s1. The van der Waals surface area contributed by atoms with Gasteiger partial charge in [-0.2, -0.15) is 5.10 Å². The maximum atomic E-state index is 10.4. The van der Waals surface area contributed by atoms with Crippen molar-refractivity contribution in [3.05, 3.63) is 23.5 Å². The van der Waals surface area contributed by atoms with Crippen LogP contribution < -0.4 is 5.30 Å². The molecule has 7 heteroatoms. The molecular weight excluding hydrogens is 245 g/mol. The van der Waals surface area contributed by atoms with E-state index in [2.05, 4.69) is 19.3 Å². The molecule has 16 heavy (non-hydrogen) atoms. The van der Waals surface area contributed by atoms with Crippen molar-refractivity contribution in [2.24, 2.45) is 0 Å². The molecule has 0 radical (unpaired) electrons. The van der Waals surface area contributed by atoms with Crippen molar-refractivity contribution in [3.8, 4) is 5.13 Å². The average molecular weight is 255 g/mol. The van der Waals surface area contributed by atoms with Crippen LogP contribution in [0.5, 0.6) is 0 Å². The number of rotatable bonds is 4. The molecule has 0 aliphatic carbocycles. The van der Waals surface area contributed by atoms with Crippen molar-refractivity contribution in [1.82, 2.24) is 14.8 Å². The molecule has 2 aromatic heterocycles. The van der Waals surface area contributed by atoms with Gasteiger partial charge < -0.3 is 5.11 Å². The minimum atomic E-state index is -0.790. The Hall–Kier alpha value is -1.26. The molecule has 0 fully saturated rings. The summed E-state index contributed by atoms with van der Waals surface area (Å²) in [5, 5.41) is 14.4. The Balaban J connectivity index is 2.10. The van der Waals surface area contributed by atoms with Gasteiger partial charge in [0.15, 0.2) is 0 Å². The molecule has 0 aromatic carbocycles. The predicted octanol–water partition coefficient (Wildman–Crippen LogP) is 0.846. The maximum absolute atomic E-state index is 10.4. The molecule has 0 aliphatic heterocycles. The van der Waals surface area contributed by atoms with Gasteiger partial charge in [-0.3, -0.25) is 4.79 Å². The summed E-state index contributed by atoms with van der Waals surface area (Å²) in [4.78, 5) is 15.6. The highest BCUT2D eigenvalue weighted by Gasteiger charge is 2.06. The number of carboxylic acids is 1. The number of aryl methyl sites for hydroxylation is 1. The molecule has 0 saturated carbocycles. The second kappa shape index (κ2) is 4.72. The molecule has 1 N–H and O–H groups in total. The lowest BCUT2D eigenvalue weighted by Crippen LogP contribution is -1.95. The summed E-state index contributed by atoms with van der Waals surface area (Å²) in [6, 6.07) is 0. The topological polar surface area (TPSA) is 68.0 Å². The number of hydrogen-bond acceptors (Lipinski definition) is 4. The molecule has 2 rings (SSSR count). The second-order valence-electron chi connectivity index (χ2n) is 3.22. The minimum Gasteiger partial charge on any atom is -0.481 e. The van der Waals surface area contributed by atoms with Crippen LogP contribution in [0.1, 0.15) is 11.3 Å². The Labute approximate surface area is 98.3 Å². The lowest BCUT2D eigenvalue weighted by molar-refractivity contribution is -0.136. The molecule has 0 aliphatic rings. The summed E-state index contributed by atoms with van der Waals surface area (Å²) in [5.41, 5.74) is 0. The summed E-state index contributed by atoms with van der Waals surface area (Å²) in [7, 11) is 2.56. The van der Waals surface area contributed by atoms with E-state index in [-0.39, 0.29) is 6.42 Å². The molecule has 2 heterocycles. The second-order valence-corrected chi connectivity index (χ2v) is 4.98. The summed E-state index contributed by atoms with van der Waals surface area (Å²) in [6.07, 6.45) is 5.93. The van der Waals surface area contributed by atoms with Gasteiger partial charge in [0.2, 0.25) is 5.13 Å². The van der Waals surface area contributed by atoms with E-state index in [1.54, 1.807) is 17.1 Å². The number of nitrogens with zero attached hydrogens (tertiary/aromatic N) is 3. The van der Waals surface area contributed by atoms with Crippen molar-refractivity contribution < 1.29 is 9.90 Å². The molecule has 0 amide bonds. The first-order valence-electron chi connectivity index (χ1n) is 4.62. The van der Waals surface area contributed by atoms with Crippen LogP contribution >= 0.6 is 20.6 Å². The fourth-order valence-electron chi connectivity index (χ4n) is 1.19. The van der Waals surface area contributed by atoms with Crippen LogP contribution in [-0.2, 0) is 11.2 Å². The normalized spacial score (nSPS) is 10.6. The first-order chi connectivity index (χ1) is 7.65. The van der Waals surface area contributed by atoms with Gasteiger partial charge in [0, 0.05) is 22.6 Å².